The van der Waals surface area contributed by atoms with Crippen molar-refractivity contribution in [3.8, 4) is 21.6 Å². The SMILES string of the molecule is Cn1cc(-c2csc(-c3cccnc3)c2)cn1. The van der Waals surface area contributed by atoms with Crippen molar-refractivity contribution in [1.29, 1.82) is 0 Å². The molecule has 0 aliphatic carbocycles. The number of rotatable bonds is 2. The fraction of sp³-hybridized carbons (Fsp3) is 0.0769. The zero-order valence-corrected chi connectivity index (χ0v) is 10.2. The third kappa shape index (κ3) is 1.99. The monoisotopic (exact) mass is 241 g/mol. The molecule has 0 bridgehead atoms. The van der Waals surface area contributed by atoms with Crippen LogP contribution in [0.15, 0.2) is 48.4 Å². The van der Waals surface area contributed by atoms with Gasteiger partial charge in [-0.05, 0) is 23.1 Å². The molecule has 84 valence electrons. The normalized spacial score (nSPS) is 10.6. The molecule has 0 saturated carbocycles. The molecule has 4 heteroatoms. The van der Waals surface area contributed by atoms with Crippen LogP contribution in [0.4, 0.5) is 0 Å². The van der Waals surface area contributed by atoms with Gasteiger partial charge in [-0.15, -0.1) is 11.3 Å². The predicted molar refractivity (Wildman–Crippen MR) is 69.8 cm³/mol. The molecular formula is C13H11N3S. The van der Waals surface area contributed by atoms with Gasteiger partial charge in [0, 0.05) is 41.6 Å². The van der Waals surface area contributed by atoms with Gasteiger partial charge < -0.3 is 0 Å². The van der Waals surface area contributed by atoms with E-state index in [0.717, 1.165) is 11.1 Å². The number of hydrogen-bond acceptors (Lipinski definition) is 3. The fourth-order valence-corrected chi connectivity index (χ4v) is 2.63. The Morgan fingerprint density at radius 2 is 2.12 bits per heavy atom. The van der Waals surface area contributed by atoms with E-state index in [9.17, 15) is 0 Å². The second-order valence-electron chi connectivity index (χ2n) is 3.84. The molecule has 17 heavy (non-hydrogen) atoms. The molecule has 0 saturated heterocycles. The number of pyridine rings is 1. The Kier molecular flexibility index (Phi) is 2.49. The van der Waals surface area contributed by atoms with Crippen LogP contribution in [-0.4, -0.2) is 14.8 Å². The highest BCUT2D eigenvalue weighted by molar-refractivity contribution is 7.14. The lowest BCUT2D eigenvalue weighted by atomic mass is 10.1. The Balaban J connectivity index is 1.99. The molecule has 0 amide bonds. The van der Waals surface area contributed by atoms with Gasteiger partial charge in [-0.1, -0.05) is 6.07 Å². The van der Waals surface area contributed by atoms with Gasteiger partial charge in [0.25, 0.3) is 0 Å². The standard InChI is InChI=1S/C13H11N3S/c1-16-8-12(7-15-16)11-5-13(17-9-11)10-3-2-4-14-6-10/h2-9H,1H3. The summed E-state index contributed by atoms with van der Waals surface area (Å²) in [5, 5.41) is 6.34. The summed E-state index contributed by atoms with van der Waals surface area (Å²) in [5.74, 6) is 0. The average molecular weight is 241 g/mol. The average Bonchev–Trinajstić information content (AvgIpc) is 2.98. The van der Waals surface area contributed by atoms with Gasteiger partial charge in [-0.2, -0.15) is 5.10 Å². The Morgan fingerprint density at radius 3 is 2.82 bits per heavy atom. The molecule has 0 unspecified atom stereocenters. The highest BCUT2D eigenvalue weighted by Crippen LogP contribution is 2.31. The highest BCUT2D eigenvalue weighted by Gasteiger charge is 2.05. The highest BCUT2D eigenvalue weighted by atomic mass is 32.1. The van der Waals surface area contributed by atoms with Crippen LogP contribution < -0.4 is 0 Å². The number of nitrogens with zero attached hydrogens (tertiary/aromatic N) is 3. The zero-order chi connectivity index (χ0) is 11.7. The minimum absolute atomic E-state index is 1.15. The summed E-state index contributed by atoms with van der Waals surface area (Å²) in [6.45, 7) is 0. The van der Waals surface area contributed by atoms with E-state index in [2.05, 4.69) is 27.6 Å². The summed E-state index contributed by atoms with van der Waals surface area (Å²) >= 11 is 1.73. The van der Waals surface area contributed by atoms with Crippen LogP contribution in [-0.2, 0) is 7.05 Å². The lowest BCUT2D eigenvalue weighted by Crippen LogP contribution is -1.83. The van der Waals surface area contributed by atoms with E-state index in [1.807, 2.05) is 36.4 Å². The van der Waals surface area contributed by atoms with E-state index >= 15 is 0 Å². The third-order valence-electron chi connectivity index (χ3n) is 2.58. The third-order valence-corrected chi connectivity index (χ3v) is 3.56. The van der Waals surface area contributed by atoms with E-state index in [1.54, 1.807) is 17.5 Å². The summed E-state index contributed by atoms with van der Waals surface area (Å²) in [7, 11) is 1.93. The van der Waals surface area contributed by atoms with E-state index in [0.29, 0.717) is 0 Å². The van der Waals surface area contributed by atoms with Gasteiger partial charge >= 0.3 is 0 Å². The maximum absolute atomic E-state index is 4.18. The van der Waals surface area contributed by atoms with Crippen LogP contribution in [0, 0.1) is 0 Å². The molecule has 3 aromatic heterocycles. The Labute approximate surface area is 103 Å². The zero-order valence-electron chi connectivity index (χ0n) is 9.37. The second-order valence-corrected chi connectivity index (χ2v) is 4.76. The van der Waals surface area contributed by atoms with E-state index < -0.39 is 0 Å². The van der Waals surface area contributed by atoms with E-state index in [4.69, 9.17) is 0 Å². The van der Waals surface area contributed by atoms with E-state index in [1.165, 1.54) is 10.4 Å². The van der Waals surface area contributed by atoms with Gasteiger partial charge in [-0.3, -0.25) is 9.67 Å². The molecule has 0 spiro atoms. The molecule has 0 aromatic carbocycles. The minimum atomic E-state index is 1.15. The molecule has 3 nitrogen and oxygen atoms in total. The Hall–Kier alpha value is -1.94. The van der Waals surface area contributed by atoms with Crippen molar-refractivity contribution in [2.24, 2.45) is 7.05 Å². The van der Waals surface area contributed by atoms with Crippen molar-refractivity contribution in [3.63, 3.8) is 0 Å². The molecule has 0 N–H and O–H groups in total. The van der Waals surface area contributed by atoms with Crippen LogP contribution in [0.2, 0.25) is 0 Å². The number of aromatic nitrogens is 3. The largest absolute Gasteiger partial charge is 0.275 e. The number of thiophene rings is 1. The molecule has 0 aliphatic heterocycles. The van der Waals surface area contributed by atoms with Gasteiger partial charge in [-0.25, -0.2) is 0 Å². The van der Waals surface area contributed by atoms with Crippen molar-refractivity contribution in [3.05, 3.63) is 48.4 Å². The maximum atomic E-state index is 4.18. The Bertz CT molecular complexity index is 625. The summed E-state index contributed by atoms with van der Waals surface area (Å²) in [6, 6.07) is 6.21. The van der Waals surface area contributed by atoms with Crippen molar-refractivity contribution in [2.45, 2.75) is 0 Å². The molecular weight excluding hydrogens is 230 g/mol. The molecule has 0 atom stereocenters. The molecule has 0 aliphatic rings. The smallest absolute Gasteiger partial charge is 0.0568 e. The van der Waals surface area contributed by atoms with Gasteiger partial charge in [0.2, 0.25) is 0 Å². The second kappa shape index (κ2) is 4.14. The summed E-state index contributed by atoms with van der Waals surface area (Å²) in [6.07, 6.45) is 7.59. The van der Waals surface area contributed by atoms with E-state index in [-0.39, 0.29) is 0 Å². The predicted octanol–water partition coefficient (Wildman–Crippen LogP) is 3.21. The first kappa shape index (κ1) is 10.2. The molecule has 3 heterocycles. The minimum Gasteiger partial charge on any atom is -0.275 e. The van der Waals surface area contributed by atoms with Crippen LogP contribution in [0.25, 0.3) is 21.6 Å². The molecule has 0 fully saturated rings. The molecule has 0 radical (unpaired) electrons. The van der Waals surface area contributed by atoms with Crippen LogP contribution in [0.1, 0.15) is 0 Å². The van der Waals surface area contributed by atoms with Gasteiger partial charge in [0.05, 0.1) is 6.20 Å². The van der Waals surface area contributed by atoms with Crippen molar-refractivity contribution < 1.29 is 0 Å². The van der Waals surface area contributed by atoms with Crippen molar-refractivity contribution >= 4 is 11.3 Å². The lowest BCUT2D eigenvalue weighted by molar-refractivity contribution is 0.768. The van der Waals surface area contributed by atoms with Gasteiger partial charge in [0.1, 0.15) is 0 Å². The number of aryl methyl sites for hydroxylation is 1. The summed E-state index contributed by atoms with van der Waals surface area (Å²) in [5.41, 5.74) is 3.52. The summed E-state index contributed by atoms with van der Waals surface area (Å²) < 4.78 is 1.82. The first-order valence-electron chi connectivity index (χ1n) is 5.31. The van der Waals surface area contributed by atoms with Crippen molar-refractivity contribution in [1.82, 2.24) is 14.8 Å². The first-order valence-corrected chi connectivity index (χ1v) is 6.19. The fourth-order valence-electron chi connectivity index (χ4n) is 1.72. The maximum Gasteiger partial charge on any atom is 0.0568 e. The first-order chi connectivity index (χ1) is 8.33. The molecule has 3 rings (SSSR count). The Morgan fingerprint density at radius 1 is 1.18 bits per heavy atom. The lowest BCUT2D eigenvalue weighted by Gasteiger charge is -1.93. The van der Waals surface area contributed by atoms with Crippen LogP contribution >= 0.6 is 11.3 Å². The topological polar surface area (TPSA) is 30.7 Å². The van der Waals surface area contributed by atoms with Crippen molar-refractivity contribution in [2.75, 3.05) is 0 Å². The summed E-state index contributed by atoms with van der Waals surface area (Å²) in [4.78, 5) is 5.37. The quantitative estimate of drug-likeness (QED) is 0.689. The van der Waals surface area contributed by atoms with Crippen LogP contribution in [0.5, 0.6) is 0 Å². The molecule has 3 aromatic rings. The van der Waals surface area contributed by atoms with Gasteiger partial charge in [0.15, 0.2) is 0 Å². The number of hydrogen-bond donors (Lipinski definition) is 0. The van der Waals surface area contributed by atoms with Crippen LogP contribution in [0.3, 0.4) is 0 Å².